The normalized spacial score (nSPS) is 13.6. The number of aliphatic hydroxyl groups is 2. The predicted molar refractivity (Wildman–Crippen MR) is 55.4 cm³/mol. The molecule has 0 saturated heterocycles. The van der Waals surface area contributed by atoms with Crippen molar-refractivity contribution in [1.29, 1.82) is 0 Å². The van der Waals surface area contributed by atoms with E-state index in [2.05, 4.69) is 10.0 Å². The van der Waals surface area contributed by atoms with E-state index in [1.807, 2.05) is 0 Å². The lowest BCUT2D eigenvalue weighted by molar-refractivity contribution is -0.131. The smallest absolute Gasteiger partial charge is 0.249 e. The van der Waals surface area contributed by atoms with Crippen LogP contribution in [0.25, 0.3) is 10.4 Å². The van der Waals surface area contributed by atoms with E-state index in [4.69, 9.17) is 11.3 Å². The zero-order chi connectivity index (χ0) is 12.1. The third-order valence-electron chi connectivity index (χ3n) is 2.00. The Morgan fingerprint density at radius 1 is 1.44 bits per heavy atom. The molecule has 16 heavy (non-hydrogen) atoms. The lowest BCUT2D eigenvalue weighted by Crippen LogP contribution is -2.33. The van der Waals surface area contributed by atoms with Crippen LogP contribution in [0.1, 0.15) is 11.7 Å². The van der Waals surface area contributed by atoms with Crippen molar-refractivity contribution in [2.45, 2.75) is 12.2 Å². The standard InChI is InChI=1S/C9H10N4O3/c10-9(16)8(15)7(14)5-3-1-2-4-6(5)12-13-11/h1-4,7-8,14-15H,(H2,10,16). The number of carbonyl (C=O) groups is 1. The molecule has 0 aliphatic carbocycles. The molecule has 7 nitrogen and oxygen atoms in total. The maximum Gasteiger partial charge on any atom is 0.249 e. The summed E-state index contributed by atoms with van der Waals surface area (Å²) in [5, 5.41) is 22.2. The number of aliphatic hydroxyl groups excluding tert-OH is 2. The fourth-order valence-corrected chi connectivity index (χ4v) is 1.20. The van der Waals surface area contributed by atoms with E-state index < -0.39 is 18.1 Å². The Hall–Kier alpha value is -2.08. The Morgan fingerprint density at radius 3 is 2.62 bits per heavy atom. The highest BCUT2D eigenvalue weighted by Gasteiger charge is 2.24. The van der Waals surface area contributed by atoms with Gasteiger partial charge in [-0.25, -0.2) is 0 Å². The molecule has 1 aromatic carbocycles. The van der Waals surface area contributed by atoms with Gasteiger partial charge in [-0.15, -0.1) is 0 Å². The largest absolute Gasteiger partial charge is 0.385 e. The lowest BCUT2D eigenvalue weighted by Gasteiger charge is -2.16. The van der Waals surface area contributed by atoms with Gasteiger partial charge in [0.15, 0.2) is 6.10 Å². The molecule has 1 amide bonds. The van der Waals surface area contributed by atoms with Crippen LogP contribution in [0.3, 0.4) is 0 Å². The van der Waals surface area contributed by atoms with Crippen LogP contribution in [-0.4, -0.2) is 22.2 Å². The predicted octanol–water partition coefficient (Wildman–Crippen LogP) is 0.508. The van der Waals surface area contributed by atoms with E-state index in [1.54, 1.807) is 12.1 Å². The van der Waals surface area contributed by atoms with Gasteiger partial charge in [-0.1, -0.05) is 29.4 Å². The van der Waals surface area contributed by atoms with Gasteiger partial charge >= 0.3 is 0 Å². The van der Waals surface area contributed by atoms with Crippen LogP contribution in [0.5, 0.6) is 0 Å². The first kappa shape index (κ1) is 12.0. The first-order valence-electron chi connectivity index (χ1n) is 4.37. The zero-order valence-corrected chi connectivity index (χ0v) is 8.19. The molecule has 0 aromatic heterocycles. The van der Waals surface area contributed by atoms with Crippen LogP contribution in [0.15, 0.2) is 29.4 Å². The topological polar surface area (TPSA) is 132 Å². The minimum Gasteiger partial charge on any atom is -0.385 e. The average molecular weight is 222 g/mol. The monoisotopic (exact) mass is 222 g/mol. The Balaban J connectivity index is 3.12. The third kappa shape index (κ3) is 2.48. The van der Waals surface area contributed by atoms with E-state index in [1.165, 1.54) is 12.1 Å². The van der Waals surface area contributed by atoms with E-state index in [0.717, 1.165) is 0 Å². The van der Waals surface area contributed by atoms with Crippen LogP contribution in [-0.2, 0) is 4.79 Å². The van der Waals surface area contributed by atoms with Crippen molar-refractivity contribution >= 4 is 11.6 Å². The van der Waals surface area contributed by atoms with Crippen LogP contribution in [0.4, 0.5) is 5.69 Å². The molecular weight excluding hydrogens is 212 g/mol. The van der Waals surface area contributed by atoms with Crippen molar-refractivity contribution in [2.75, 3.05) is 0 Å². The van der Waals surface area contributed by atoms with E-state index >= 15 is 0 Å². The maximum atomic E-state index is 10.7. The number of hydrogen-bond acceptors (Lipinski definition) is 4. The highest BCUT2D eigenvalue weighted by molar-refractivity contribution is 5.79. The average Bonchev–Trinajstić information content (AvgIpc) is 2.28. The molecule has 0 aliphatic rings. The molecule has 0 fully saturated rings. The third-order valence-corrected chi connectivity index (χ3v) is 2.00. The molecule has 0 saturated carbocycles. The maximum absolute atomic E-state index is 10.7. The van der Waals surface area contributed by atoms with Gasteiger partial charge in [0.05, 0.1) is 0 Å². The minimum atomic E-state index is -1.74. The Kier molecular flexibility index (Phi) is 3.84. The summed E-state index contributed by atoms with van der Waals surface area (Å²) in [6.45, 7) is 0. The molecule has 4 N–H and O–H groups in total. The molecule has 0 heterocycles. The Labute approximate surface area is 90.7 Å². The molecular formula is C9H10N4O3. The summed E-state index contributed by atoms with van der Waals surface area (Å²) in [4.78, 5) is 13.3. The summed E-state index contributed by atoms with van der Waals surface area (Å²) >= 11 is 0. The number of benzene rings is 1. The van der Waals surface area contributed by atoms with Gasteiger partial charge in [0, 0.05) is 10.6 Å². The number of nitrogens with two attached hydrogens (primary N) is 1. The van der Waals surface area contributed by atoms with E-state index in [9.17, 15) is 15.0 Å². The fourth-order valence-electron chi connectivity index (χ4n) is 1.20. The summed E-state index contributed by atoms with van der Waals surface area (Å²) in [7, 11) is 0. The minimum absolute atomic E-state index is 0.137. The van der Waals surface area contributed by atoms with E-state index in [0.29, 0.717) is 0 Å². The highest BCUT2D eigenvalue weighted by Crippen LogP contribution is 2.27. The number of hydrogen-bond donors (Lipinski definition) is 3. The second-order valence-electron chi connectivity index (χ2n) is 3.04. The van der Waals surface area contributed by atoms with Crippen molar-refractivity contribution in [3.8, 4) is 0 Å². The fraction of sp³-hybridized carbons (Fsp3) is 0.222. The Bertz CT molecular complexity index is 442. The van der Waals surface area contributed by atoms with Gasteiger partial charge in [-0.3, -0.25) is 4.79 Å². The molecule has 0 spiro atoms. The van der Waals surface area contributed by atoms with Crippen LogP contribution in [0, 0.1) is 0 Å². The molecule has 1 rings (SSSR count). The summed E-state index contributed by atoms with van der Waals surface area (Å²) < 4.78 is 0. The summed E-state index contributed by atoms with van der Waals surface area (Å²) in [5.74, 6) is -1.05. The number of rotatable bonds is 4. The molecule has 2 unspecified atom stereocenters. The zero-order valence-electron chi connectivity index (χ0n) is 8.19. The molecule has 1 aromatic rings. The SMILES string of the molecule is [N-]=[N+]=Nc1ccccc1C(O)C(O)C(N)=O. The molecule has 0 bridgehead atoms. The van der Waals surface area contributed by atoms with Crippen molar-refractivity contribution in [3.63, 3.8) is 0 Å². The number of amides is 1. The molecule has 7 heteroatoms. The molecule has 84 valence electrons. The number of azide groups is 1. The summed E-state index contributed by atoms with van der Waals surface area (Å²) in [6, 6.07) is 6.05. The van der Waals surface area contributed by atoms with E-state index in [-0.39, 0.29) is 11.3 Å². The second-order valence-corrected chi connectivity index (χ2v) is 3.04. The van der Waals surface area contributed by atoms with Crippen molar-refractivity contribution in [3.05, 3.63) is 40.3 Å². The lowest BCUT2D eigenvalue weighted by atomic mass is 10.0. The van der Waals surface area contributed by atoms with Crippen molar-refractivity contribution in [2.24, 2.45) is 10.8 Å². The second kappa shape index (κ2) is 5.13. The van der Waals surface area contributed by atoms with Gasteiger partial charge in [-0.2, -0.15) is 0 Å². The van der Waals surface area contributed by atoms with Gasteiger partial charge in [0.2, 0.25) is 5.91 Å². The first-order valence-corrected chi connectivity index (χ1v) is 4.37. The number of carbonyl (C=O) groups excluding carboxylic acids is 1. The van der Waals surface area contributed by atoms with Gasteiger partial charge in [-0.05, 0) is 11.1 Å². The van der Waals surface area contributed by atoms with Gasteiger partial charge < -0.3 is 15.9 Å². The van der Waals surface area contributed by atoms with Crippen LogP contribution in [0.2, 0.25) is 0 Å². The van der Waals surface area contributed by atoms with Crippen LogP contribution < -0.4 is 5.73 Å². The Morgan fingerprint density at radius 2 is 2.06 bits per heavy atom. The van der Waals surface area contributed by atoms with Gasteiger partial charge in [0.25, 0.3) is 0 Å². The number of primary amides is 1. The number of nitrogens with zero attached hydrogens (tertiary/aromatic N) is 3. The summed E-state index contributed by atoms with van der Waals surface area (Å²) in [6.07, 6.45) is -3.26. The van der Waals surface area contributed by atoms with Crippen molar-refractivity contribution < 1.29 is 15.0 Å². The molecule has 0 radical (unpaired) electrons. The molecule has 2 atom stereocenters. The van der Waals surface area contributed by atoms with Crippen molar-refractivity contribution in [1.82, 2.24) is 0 Å². The van der Waals surface area contributed by atoms with Gasteiger partial charge in [0.1, 0.15) is 6.10 Å². The highest BCUT2D eigenvalue weighted by atomic mass is 16.3. The summed E-state index contributed by atoms with van der Waals surface area (Å²) in [5.41, 5.74) is 13.4. The van der Waals surface area contributed by atoms with Crippen LogP contribution >= 0.6 is 0 Å². The first-order chi connectivity index (χ1) is 7.57. The molecule has 0 aliphatic heterocycles. The quantitative estimate of drug-likeness (QED) is 0.389.